The molecule has 0 fully saturated rings. The second-order valence-corrected chi connectivity index (χ2v) is 6.48. The van der Waals surface area contributed by atoms with Crippen molar-refractivity contribution in [2.45, 2.75) is 26.0 Å². The Morgan fingerprint density at radius 3 is 2.47 bits per heavy atom. The number of amides is 1. The van der Waals surface area contributed by atoms with Crippen LogP contribution >= 0.6 is 0 Å². The van der Waals surface area contributed by atoms with Crippen molar-refractivity contribution in [2.24, 2.45) is 0 Å². The maximum Gasteiger partial charge on any atom is 0.328 e. The standard InChI is InChI=1S/C23H22FNO5/c1-2-28-23(27)20(14-16-6-4-3-5-7-16)25-22(26)21-13-12-19(30-21)15-29-18-10-8-17(24)9-11-18/h3-13,20H,2,14-15H2,1H3,(H,25,26). The molecule has 1 unspecified atom stereocenters. The maximum absolute atomic E-state index is 12.9. The van der Waals surface area contributed by atoms with E-state index in [4.69, 9.17) is 13.9 Å². The van der Waals surface area contributed by atoms with Gasteiger partial charge in [-0.05, 0) is 48.9 Å². The maximum atomic E-state index is 12.9. The van der Waals surface area contributed by atoms with Crippen molar-refractivity contribution in [3.63, 3.8) is 0 Å². The number of nitrogens with one attached hydrogen (secondary N) is 1. The first-order chi connectivity index (χ1) is 14.5. The molecule has 156 valence electrons. The summed E-state index contributed by atoms with van der Waals surface area (Å²) in [6.45, 7) is 2.00. The molecule has 1 aromatic heterocycles. The van der Waals surface area contributed by atoms with Crippen molar-refractivity contribution in [3.8, 4) is 5.75 Å². The van der Waals surface area contributed by atoms with E-state index in [0.29, 0.717) is 17.9 Å². The minimum absolute atomic E-state index is 0.0510. The highest BCUT2D eigenvalue weighted by molar-refractivity contribution is 5.94. The Labute approximate surface area is 173 Å². The SMILES string of the molecule is CCOC(=O)C(Cc1ccccc1)NC(=O)c1ccc(COc2ccc(F)cc2)o1. The van der Waals surface area contributed by atoms with Gasteiger partial charge in [0.1, 0.15) is 30.0 Å². The molecule has 0 saturated heterocycles. The molecule has 0 aliphatic carbocycles. The molecule has 30 heavy (non-hydrogen) atoms. The third-order valence-electron chi connectivity index (χ3n) is 4.24. The van der Waals surface area contributed by atoms with Gasteiger partial charge in [0.15, 0.2) is 5.76 Å². The van der Waals surface area contributed by atoms with Gasteiger partial charge in [0.2, 0.25) is 0 Å². The van der Waals surface area contributed by atoms with Crippen LogP contribution in [0.2, 0.25) is 0 Å². The lowest BCUT2D eigenvalue weighted by Crippen LogP contribution is -2.43. The zero-order valence-corrected chi connectivity index (χ0v) is 16.5. The van der Waals surface area contributed by atoms with Crippen LogP contribution in [0.1, 0.15) is 28.8 Å². The summed E-state index contributed by atoms with van der Waals surface area (Å²) in [5.41, 5.74) is 0.892. The lowest BCUT2D eigenvalue weighted by Gasteiger charge is -2.16. The molecule has 0 aliphatic rings. The van der Waals surface area contributed by atoms with E-state index in [2.05, 4.69) is 5.32 Å². The van der Waals surface area contributed by atoms with E-state index >= 15 is 0 Å². The van der Waals surface area contributed by atoms with Gasteiger partial charge in [-0.2, -0.15) is 0 Å². The van der Waals surface area contributed by atoms with E-state index in [1.165, 1.54) is 30.3 Å². The Morgan fingerprint density at radius 2 is 1.77 bits per heavy atom. The van der Waals surface area contributed by atoms with Gasteiger partial charge < -0.3 is 19.2 Å². The fraction of sp³-hybridized carbons (Fsp3) is 0.217. The number of furan rings is 1. The second kappa shape index (κ2) is 10.2. The van der Waals surface area contributed by atoms with E-state index < -0.39 is 17.9 Å². The lowest BCUT2D eigenvalue weighted by molar-refractivity contribution is -0.145. The number of hydrogen-bond donors (Lipinski definition) is 1. The topological polar surface area (TPSA) is 77.8 Å². The normalized spacial score (nSPS) is 11.5. The molecule has 7 heteroatoms. The zero-order valence-electron chi connectivity index (χ0n) is 16.5. The van der Waals surface area contributed by atoms with Crippen molar-refractivity contribution in [1.82, 2.24) is 5.32 Å². The molecule has 0 bridgehead atoms. The van der Waals surface area contributed by atoms with Crippen LogP contribution in [0.3, 0.4) is 0 Å². The number of carbonyl (C=O) groups excluding carboxylic acids is 2. The van der Waals surface area contributed by atoms with Crippen LogP contribution in [-0.2, 0) is 22.6 Å². The van der Waals surface area contributed by atoms with Gasteiger partial charge in [-0.3, -0.25) is 4.79 Å². The minimum Gasteiger partial charge on any atom is -0.486 e. The molecule has 0 aliphatic heterocycles. The summed E-state index contributed by atoms with van der Waals surface area (Å²) in [4.78, 5) is 24.9. The van der Waals surface area contributed by atoms with Gasteiger partial charge in [-0.1, -0.05) is 30.3 Å². The average molecular weight is 411 g/mol. The van der Waals surface area contributed by atoms with Crippen LogP contribution in [0, 0.1) is 5.82 Å². The molecule has 0 radical (unpaired) electrons. The quantitative estimate of drug-likeness (QED) is 0.541. The van der Waals surface area contributed by atoms with E-state index in [1.807, 2.05) is 30.3 Å². The Morgan fingerprint density at radius 1 is 1.03 bits per heavy atom. The van der Waals surface area contributed by atoms with Crippen molar-refractivity contribution >= 4 is 11.9 Å². The van der Waals surface area contributed by atoms with Gasteiger partial charge in [0.25, 0.3) is 5.91 Å². The van der Waals surface area contributed by atoms with E-state index in [9.17, 15) is 14.0 Å². The molecule has 1 atom stereocenters. The number of carbonyl (C=O) groups is 2. The Balaban J connectivity index is 1.62. The fourth-order valence-corrected chi connectivity index (χ4v) is 2.78. The van der Waals surface area contributed by atoms with Crippen LogP contribution in [0.15, 0.2) is 71.1 Å². The van der Waals surface area contributed by atoms with Gasteiger partial charge in [-0.15, -0.1) is 0 Å². The van der Waals surface area contributed by atoms with Crippen molar-refractivity contribution in [1.29, 1.82) is 0 Å². The van der Waals surface area contributed by atoms with Gasteiger partial charge in [-0.25, -0.2) is 9.18 Å². The molecule has 1 heterocycles. The van der Waals surface area contributed by atoms with Crippen molar-refractivity contribution in [3.05, 3.63) is 89.6 Å². The summed E-state index contributed by atoms with van der Waals surface area (Å²) in [6.07, 6.45) is 0.298. The largest absolute Gasteiger partial charge is 0.486 e. The molecular formula is C23H22FNO5. The highest BCUT2D eigenvalue weighted by Gasteiger charge is 2.24. The summed E-state index contributed by atoms with van der Waals surface area (Å²) in [5, 5.41) is 2.67. The summed E-state index contributed by atoms with van der Waals surface area (Å²) < 4.78 is 29.0. The van der Waals surface area contributed by atoms with Crippen LogP contribution in [0.4, 0.5) is 4.39 Å². The summed E-state index contributed by atoms with van der Waals surface area (Å²) in [5.74, 6) is -0.455. The summed E-state index contributed by atoms with van der Waals surface area (Å²) in [6, 6.07) is 17.2. The number of esters is 1. The molecule has 0 saturated carbocycles. The summed E-state index contributed by atoms with van der Waals surface area (Å²) >= 11 is 0. The number of ether oxygens (including phenoxy) is 2. The molecule has 3 rings (SSSR count). The van der Waals surface area contributed by atoms with Crippen LogP contribution < -0.4 is 10.1 Å². The minimum atomic E-state index is -0.844. The molecule has 3 aromatic rings. The van der Waals surface area contributed by atoms with Crippen molar-refractivity contribution in [2.75, 3.05) is 6.61 Å². The Hall–Kier alpha value is -3.61. The second-order valence-electron chi connectivity index (χ2n) is 6.48. The van der Waals surface area contributed by atoms with Gasteiger partial charge in [0.05, 0.1) is 6.61 Å². The molecule has 2 aromatic carbocycles. The van der Waals surface area contributed by atoms with Crippen LogP contribution in [-0.4, -0.2) is 24.5 Å². The van der Waals surface area contributed by atoms with E-state index in [0.717, 1.165) is 5.56 Å². The third kappa shape index (κ3) is 5.94. The number of rotatable bonds is 9. The highest BCUT2D eigenvalue weighted by Crippen LogP contribution is 2.15. The van der Waals surface area contributed by atoms with E-state index in [1.54, 1.807) is 13.0 Å². The van der Waals surface area contributed by atoms with Crippen molar-refractivity contribution < 1.29 is 27.9 Å². The number of benzene rings is 2. The highest BCUT2D eigenvalue weighted by atomic mass is 19.1. The number of halogens is 1. The lowest BCUT2D eigenvalue weighted by atomic mass is 10.1. The molecule has 0 spiro atoms. The monoisotopic (exact) mass is 411 g/mol. The predicted octanol–water partition coefficient (Wildman–Crippen LogP) is 3.90. The molecule has 1 N–H and O–H groups in total. The van der Waals surface area contributed by atoms with Crippen LogP contribution in [0.25, 0.3) is 0 Å². The third-order valence-corrected chi connectivity index (χ3v) is 4.24. The first-order valence-corrected chi connectivity index (χ1v) is 9.53. The van der Waals surface area contributed by atoms with Gasteiger partial charge in [0, 0.05) is 6.42 Å². The van der Waals surface area contributed by atoms with E-state index in [-0.39, 0.29) is 24.8 Å². The number of hydrogen-bond acceptors (Lipinski definition) is 5. The van der Waals surface area contributed by atoms with Gasteiger partial charge >= 0.3 is 5.97 Å². The van der Waals surface area contributed by atoms with Crippen LogP contribution in [0.5, 0.6) is 5.75 Å². The molecular weight excluding hydrogens is 389 g/mol. The summed E-state index contributed by atoms with van der Waals surface area (Å²) in [7, 11) is 0. The zero-order chi connectivity index (χ0) is 21.3. The Kier molecular flexibility index (Phi) is 7.21. The average Bonchev–Trinajstić information content (AvgIpc) is 3.23. The Bertz CT molecular complexity index is 969. The first kappa shape index (κ1) is 21.1. The molecule has 1 amide bonds. The first-order valence-electron chi connectivity index (χ1n) is 9.53. The predicted molar refractivity (Wildman–Crippen MR) is 107 cm³/mol. The molecule has 6 nitrogen and oxygen atoms in total. The smallest absolute Gasteiger partial charge is 0.328 e. The fourth-order valence-electron chi connectivity index (χ4n) is 2.78.